The molecule has 1 aliphatic rings. The maximum atomic E-state index is 10.6. The van der Waals surface area contributed by atoms with Crippen LogP contribution >= 0.6 is 0 Å². The van der Waals surface area contributed by atoms with Gasteiger partial charge in [0.25, 0.3) is 5.91 Å². The lowest BCUT2D eigenvalue weighted by molar-refractivity contribution is -0.127. The van der Waals surface area contributed by atoms with Gasteiger partial charge in [-0.2, -0.15) is 0 Å². The van der Waals surface area contributed by atoms with Crippen molar-refractivity contribution in [2.75, 3.05) is 0 Å². The zero-order valence-corrected chi connectivity index (χ0v) is 6.45. The molecule has 0 fully saturated rings. The van der Waals surface area contributed by atoms with Crippen molar-refractivity contribution in [3.05, 3.63) is 11.8 Å². The summed E-state index contributed by atoms with van der Waals surface area (Å²) in [6.07, 6.45) is 1.46. The molecule has 1 heterocycles. The van der Waals surface area contributed by atoms with Crippen LogP contribution in [0, 0.1) is 0 Å². The summed E-state index contributed by atoms with van der Waals surface area (Å²) in [5.74, 6) is -1.03. The average molecular weight is 170 g/mol. The van der Waals surface area contributed by atoms with Crippen molar-refractivity contribution in [1.82, 2.24) is 0 Å². The van der Waals surface area contributed by atoms with Crippen LogP contribution in [0.1, 0.15) is 12.8 Å². The number of rotatable bonds is 2. The minimum atomic E-state index is -0.618. The molecule has 12 heavy (non-hydrogen) atoms. The van der Waals surface area contributed by atoms with Crippen LogP contribution in [0.5, 0.6) is 0 Å². The summed E-state index contributed by atoms with van der Waals surface area (Å²) in [7, 11) is 0. The monoisotopic (exact) mass is 170 g/mol. The van der Waals surface area contributed by atoms with E-state index < -0.39 is 17.9 Å². The second-order valence-electron chi connectivity index (χ2n) is 2.57. The Bertz CT molecular complexity index is 247. The zero-order chi connectivity index (χ0) is 9.14. The molecular weight excluding hydrogens is 160 g/mol. The van der Waals surface area contributed by atoms with Crippen LogP contribution < -0.4 is 11.5 Å². The van der Waals surface area contributed by atoms with Crippen molar-refractivity contribution in [2.45, 2.75) is 18.9 Å². The van der Waals surface area contributed by atoms with Gasteiger partial charge in [-0.15, -0.1) is 0 Å². The van der Waals surface area contributed by atoms with Crippen LogP contribution in [0.15, 0.2) is 11.8 Å². The van der Waals surface area contributed by atoms with Gasteiger partial charge in [0.05, 0.1) is 11.8 Å². The number of hydrogen-bond acceptors (Lipinski definition) is 3. The van der Waals surface area contributed by atoms with Gasteiger partial charge in [-0.25, -0.2) is 0 Å². The van der Waals surface area contributed by atoms with E-state index >= 15 is 0 Å². The molecule has 66 valence electrons. The van der Waals surface area contributed by atoms with Gasteiger partial charge >= 0.3 is 0 Å². The number of nitrogens with two attached hydrogens (primary N) is 2. The van der Waals surface area contributed by atoms with Crippen LogP contribution in [0.3, 0.4) is 0 Å². The van der Waals surface area contributed by atoms with Crippen molar-refractivity contribution in [3.63, 3.8) is 0 Å². The molecule has 2 amide bonds. The minimum Gasteiger partial charge on any atom is -0.488 e. The number of ether oxygens (including phenoxy) is 1. The third kappa shape index (κ3) is 1.75. The van der Waals surface area contributed by atoms with Crippen LogP contribution in [-0.4, -0.2) is 17.9 Å². The maximum Gasteiger partial charge on any atom is 0.258 e. The van der Waals surface area contributed by atoms with E-state index in [2.05, 4.69) is 0 Å². The molecule has 5 nitrogen and oxygen atoms in total. The fourth-order valence-corrected chi connectivity index (χ4v) is 0.968. The molecule has 0 aromatic heterocycles. The second-order valence-corrected chi connectivity index (χ2v) is 2.57. The maximum absolute atomic E-state index is 10.6. The Balaban J connectivity index is 2.59. The first-order valence-corrected chi connectivity index (χ1v) is 3.55. The topological polar surface area (TPSA) is 95.4 Å². The van der Waals surface area contributed by atoms with E-state index in [1.165, 1.54) is 6.26 Å². The summed E-state index contributed by atoms with van der Waals surface area (Å²) in [5.41, 5.74) is 10.4. The van der Waals surface area contributed by atoms with Gasteiger partial charge in [-0.3, -0.25) is 9.59 Å². The number of primary amides is 2. The Kier molecular flexibility index (Phi) is 2.32. The minimum absolute atomic E-state index is 0.396. The number of hydrogen-bond donors (Lipinski definition) is 2. The summed E-state index contributed by atoms with van der Waals surface area (Å²) >= 11 is 0. The first kappa shape index (κ1) is 8.58. The summed E-state index contributed by atoms with van der Waals surface area (Å²) in [6, 6.07) is 0. The fourth-order valence-electron chi connectivity index (χ4n) is 0.968. The molecule has 0 aromatic carbocycles. The molecule has 0 spiro atoms. The molecule has 0 aromatic rings. The van der Waals surface area contributed by atoms with Gasteiger partial charge in [0.2, 0.25) is 5.91 Å². The highest BCUT2D eigenvalue weighted by Crippen LogP contribution is 2.16. The van der Waals surface area contributed by atoms with Gasteiger partial charge in [0, 0.05) is 0 Å². The molecule has 0 bridgehead atoms. The van der Waals surface area contributed by atoms with Crippen molar-refractivity contribution >= 4 is 11.8 Å². The van der Waals surface area contributed by atoms with Crippen LogP contribution in [-0.2, 0) is 14.3 Å². The van der Waals surface area contributed by atoms with Gasteiger partial charge in [0.15, 0.2) is 6.10 Å². The summed E-state index contributed by atoms with van der Waals surface area (Å²) in [4.78, 5) is 21.2. The van der Waals surface area contributed by atoms with Crippen molar-refractivity contribution in [2.24, 2.45) is 11.5 Å². The summed E-state index contributed by atoms with van der Waals surface area (Å²) in [5, 5.41) is 0. The smallest absolute Gasteiger partial charge is 0.258 e. The Labute approximate surface area is 69.3 Å². The SMILES string of the molecule is NC(=O)C1=COC(C(N)=O)CC1. The highest BCUT2D eigenvalue weighted by atomic mass is 16.5. The second kappa shape index (κ2) is 3.25. The molecule has 1 unspecified atom stereocenters. The molecule has 1 atom stereocenters. The van der Waals surface area contributed by atoms with Crippen LogP contribution in [0.4, 0.5) is 0 Å². The molecular formula is C7H10N2O3. The van der Waals surface area contributed by atoms with Crippen molar-refractivity contribution in [1.29, 1.82) is 0 Å². The first-order chi connectivity index (χ1) is 5.61. The van der Waals surface area contributed by atoms with Crippen molar-refractivity contribution in [3.8, 4) is 0 Å². The third-order valence-electron chi connectivity index (χ3n) is 1.68. The normalized spacial score (nSPS) is 22.3. The van der Waals surface area contributed by atoms with Crippen LogP contribution in [0.25, 0.3) is 0 Å². The molecule has 4 N–H and O–H groups in total. The van der Waals surface area contributed by atoms with Gasteiger partial charge in [0.1, 0.15) is 0 Å². The lowest BCUT2D eigenvalue weighted by Gasteiger charge is -2.18. The third-order valence-corrected chi connectivity index (χ3v) is 1.68. The zero-order valence-electron chi connectivity index (χ0n) is 6.45. The molecule has 5 heteroatoms. The Hall–Kier alpha value is -1.52. The average Bonchev–Trinajstić information content (AvgIpc) is 2.04. The van der Waals surface area contributed by atoms with Gasteiger partial charge in [-0.05, 0) is 12.8 Å². The Morgan fingerprint density at radius 3 is 2.50 bits per heavy atom. The quantitative estimate of drug-likeness (QED) is 0.557. The lowest BCUT2D eigenvalue weighted by atomic mass is 10.1. The van der Waals surface area contributed by atoms with Gasteiger partial charge < -0.3 is 16.2 Å². The molecule has 0 saturated heterocycles. The number of carbonyl (C=O) groups is 2. The van der Waals surface area contributed by atoms with E-state index in [9.17, 15) is 9.59 Å². The van der Waals surface area contributed by atoms with E-state index in [1.54, 1.807) is 0 Å². The highest BCUT2D eigenvalue weighted by molar-refractivity contribution is 5.92. The van der Waals surface area contributed by atoms with Crippen molar-refractivity contribution < 1.29 is 14.3 Å². The number of carbonyl (C=O) groups excluding carboxylic acids is 2. The van der Waals surface area contributed by atoms with E-state index in [0.717, 1.165) is 0 Å². The molecule has 1 rings (SSSR count). The highest BCUT2D eigenvalue weighted by Gasteiger charge is 2.22. The summed E-state index contributed by atoms with van der Waals surface area (Å²) in [6.45, 7) is 0. The van der Waals surface area contributed by atoms with E-state index in [4.69, 9.17) is 16.2 Å². The molecule has 1 aliphatic heterocycles. The molecule has 0 radical (unpaired) electrons. The predicted octanol–water partition coefficient (Wildman–Crippen LogP) is -0.980. The standard InChI is InChI=1S/C7H10N2O3/c8-6(10)4-1-2-5(7(9)11)12-3-4/h3,5H,1-2H2,(H2,8,10)(H2,9,11). The Morgan fingerprint density at radius 2 is 2.17 bits per heavy atom. The number of amides is 2. The largest absolute Gasteiger partial charge is 0.488 e. The van der Waals surface area contributed by atoms with E-state index in [-0.39, 0.29) is 0 Å². The summed E-state index contributed by atoms with van der Waals surface area (Å²) < 4.78 is 4.88. The van der Waals surface area contributed by atoms with E-state index in [0.29, 0.717) is 18.4 Å². The van der Waals surface area contributed by atoms with Crippen LogP contribution in [0.2, 0.25) is 0 Å². The predicted molar refractivity (Wildman–Crippen MR) is 40.6 cm³/mol. The first-order valence-electron chi connectivity index (χ1n) is 3.55. The lowest BCUT2D eigenvalue weighted by Crippen LogP contribution is -2.33. The molecule has 0 saturated carbocycles. The van der Waals surface area contributed by atoms with E-state index in [1.807, 2.05) is 0 Å². The molecule has 0 aliphatic carbocycles. The fraction of sp³-hybridized carbons (Fsp3) is 0.429. The van der Waals surface area contributed by atoms with Gasteiger partial charge in [-0.1, -0.05) is 0 Å². The Morgan fingerprint density at radius 1 is 1.50 bits per heavy atom.